The van der Waals surface area contributed by atoms with E-state index in [0.29, 0.717) is 52.6 Å². The zero-order chi connectivity index (χ0) is 35.1. The molecule has 2 unspecified atom stereocenters. The fourth-order valence-electron chi connectivity index (χ4n) is 7.68. The number of halogens is 2. The van der Waals surface area contributed by atoms with E-state index in [2.05, 4.69) is 28.3 Å². The first kappa shape index (κ1) is 34.4. The average Bonchev–Trinajstić information content (AvgIpc) is 3.67. The molecule has 50 heavy (non-hydrogen) atoms. The molecule has 0 spiro atoms. The first-order chi connectivity index (χ1) is 24.1. The first-order valence-corrected chi connectivity index (χ1v) is 17.8. The molecule has 12 heteroatoms. The van der Waals surface area contributed by atoms with E-state index < -0.39 is 12.0 Å². The maximum Gasteiger partial charge on any atom is 0.320 e. The molecule has 0 saturated carbocycles. The minimum atomic E-state index is -0.803. The molecule has 1 saturated heterocycles. The molecule has 0 radical (unpaired) electrons. The molecule has 262 valence electrons. The van der Waals surface area contributed by atoms with Crippen LogP contribution in [0.15, 0.2) is 48.5 Å². The Hall–Kier alpha value is -4.09. The Bertz CT molecular complexity index is 1960. The topological polar surface area (TPSA) is 109 Å². The number of carbonyl (C=O) groups is 2. The number of carboxylic acid groups (broad SMARTS) is 1. The molecule has 2 aliphatic heterocycles. The summed E-state index contributed by atoms with van der Waals surface area (Å²) >= 11 is 13.8. The highest BCUT2D eigenvalue weighted by Gasteiger charge is 2.31. The molecule has 3 heterocycles. The SMILES string of the molecule is COc1cc(OC2CCc3c(-c4cccc(NC(=O)c5nc6c(n5C)CCN(C)C6)c4Cl)cccc32)c(Cl)cc1CN1CCCCC1C(=O)O. The Balaban J connectivity index is 1.11. The van der Waals surface area contributed by atoms with Gasteiger partial charge in [0.2, 0.25) is 0 Å². The summed E-state index contributed by atoms with van der Waals surface area (Å²) in [5, 5.41) is 13.7. The Morgan fingerprint density at radius 3 is 2.60 bits per heavy atom. The van der Waals surface area contributed by atoms with Gasteiger partial charge in [0.15, 0.2) is 5.82 Å². The van der Waals surface area contributed by atoms with E-state index >= 15 is 0 Å². The number of carboxylic acids is 1. The van der Waals surface area contributed by atoms with E-state index in [1.807, 2.05) is 52.9 Å². The number of hydrogen-bond acceptors (Lipinski definition) is 7. The number of imidazole rings is 1. The van der Waals surface area contributed by atoms with Crippen LogP contribution >= 0.6 is 23.2 Å². The highest BCUT2D eigenvalue weighted by Crippen LogP contribution is 2.45. The number of amides is 1. The van der Waals surface area contributed by atoms with Crippen molar-refractivity contribution in [3.63, 3.8) is 0 Å². The lowest BCUT2D eigenvalue weighted by Crippen LogP contribution is -2.44. The molecular formula is C38H41Cl2N5O5. The number of ether oxygens (including phenoxy) is 2. The van der Waals surface area contributed by atoms with Crippen molar-refractivity contribution in [2.75, 3.05) is 32.6 Å². The van der Waals surface area contributed by atoms with Crippen molar-refractivity contribution in [3.8, 4) is 22.6 Å². The van der Waals surface area contributed by atoms with Crippen molar-refractivity contribution in [1.29, 1.82) is 0 Å². The van der Waals surface area contributed by atoms with Crippen LogP contribution < -0.4 is 14.8 Å². The van der Waals surface area contributed by atoms with Gasteiger partial charge in [-0.05, 0) is 68.1 Å². The van der Waals surface area contributed by atoms with E-state index in [4.69, 9.17) is 32.7 Å². The number of methoxy groups -OCH3 is 1. The Kier molecular flexibility index (Phi) is 9.80. The van der Waals surface area contributed by atoms with Crippen molar-refractivity contribution >= 4 is 40.8 Å². The lowest BCUT2D eigenvalue weighted by atomic mass is 9.96. The molecule has 1 aliphatic carbocycles. The van der Waals surface area contributed by atoms with E-state index in [-0.39, 0.29) is 12.0 Å². The van der Waals surface area contributed by atoms with Gasteiger partial charge in [-0.1, -0.05) is 60.0 Å². The maximum atomic E-state index is 13.4. The van der Waals surface area contributed by atoms with Crippen LogP contribution in [0.4, 0.5) is 5.69 Å². The van der Waals surface area contributed by atoms with Crippen molar-refractivity contribution in [2.24, 2.45) is 7.05 Å². The van der Waals surface area contributed by atoms with Crippen LogP contribution in [0.5, 0.6) is 11.5 Å². The van der Waals surface area contributed by atoms with E-state index in [9.17, 15) is 14.7 Å². The van der Waals surface area contributed by atoms with Gasteiger partial charge in [-0.2, -0.15) is 0 Å². The summed E-state index contributed by atoms with van der Waals surface area (Å²) < 4.78 is 14.2. The smallest absolute Gasteiger partial charge is 0.320 e. The number of aliphatic carboxylic acids is 1. The quantitative estimate of drug-likeness (QED) is 0.188. The minimum absolute atomic E-state index is 0.244. The number of carbonyl (C=O) groups excluding carboxylic acids is 1. The molecule has 10 nitrogen and oxygen atoms in total. The summed E-state index contributed by atoms with van der Waals surface area (Å²) in [5.41, 5.74) is 7.36. The van der Waals surface area contributed by atoms with Crippen LogP contribution in [0.1, 0.15) is 70.5 Å². The summed E-state index contributed by atoms with van der Waals surface area (Å²) in [7, 11) is 5.54. The zero-order valence-electron chi connectivity index (χ0n) is 28.5. The summed E-state index contributed by atoms with van der Waals surface area (Å²) in [4.78, 5) is 34.2. The highest BCUT2D eigenvalue weighted by atomic mass is 35.5. The standard InChI is InChI=1S/C38H41Cl2N5O5/c1-43-17-15-30-29(21-43)41-36(44(30)2)37(46)42-28-11-7-10-26(35(28)40)23-8-6-9-25-24(23)13-14-32(25)50-34-19-33(49-3)22(18-27(34)39)20-45-16-5-4-12-31(45)38(47)48/h6-11,18-19,31-32H,4-5,12-17,20-21H2,1-3H3,(H,42,46)(H,47,48). The Labute approximate surface area is 301 Å². The summed E-state index contributed by atoms with van der Waals surface area (Å²) in [5.74, 6) is 0.379. The summed E-state index contributed by atoms with van der Waals surface area (Å²) in [6.07, 6.45) is 4.61. The molecule has 3 aliphatic rings. The second-order valence-corrected chi connectivity index (χ2v) is 14.2. The maximum absolute atomic E-state index is 13.4. The number of anilines is 1. The zero-order valence-corrected chi connectivity index (χ0v) is 30.0. The van der Waals surface area contributed by atoms with E-state index in [1.165, 1.54) is 0 Å². The summed E-state index contributed by atoms with van der Waals surface area (Å²) in [6.45, 7) is 2.78. The number of likely N-dealkylation sites (N-methyl/N-ethyl adjacent to an activating group) is 1. The van der Waals surface area contributed by atoms with Crippen LogP contribution in [0.3, 0.4) is 0 Å². The largest absolute Gasteiger partial charge is 0.496 e. The highest BCUT2D eigenvalue weighted by molar-refractivity contribution is 6.36. The van der Waals surface area contributed by atoms with Gasteiger partial charge >= 0.3 is 5.97 Å². The molecule has 1 aromatic heterocycles. The molecule has 7 rings (SSSR count). The number of rotatable bonds is 9. The number of benzene rings is 3. The second-order valence-electron chi connectivity index (χ2n) is 13.4. The normalized spacial score (nSPS) is 19.1. The number of piperidine rings is 1. The van der Waals surface area contributed by atoms with Crippen LogP contribution in [0.25, 0.3) is 11.1 Å². The fraction of sp³-hybridized carbons (Fsp3) is 0.395. The van der Waals surface area contributed by atoms with Crippen LogP contribution in [-0.2, 0) is 37.8 Å². The predicted molar refractivity (Wildman–Crippen MR) is 193 cm³/mol. The van der Waals surface area contributed by atoms with Crippen molar-refractivity contribution in [2.45, 2.75) is 63.8 Å². The van der Waals surface area contributed by atoms with Gasteiger partial charge in [0.05, 0.1) is 28.5 Å². The average molecular weight is 719 g/mol. The number of nitrogens with zero attached hydrogens (tertiary/aromatic N) is 4. The summed E-state index contributed by atoms with van der Waals surface area (Å²) in [6, 6.07) is 14.9. The van der Waals surface area contributed by atoms with Crippen molar-refractivity contribution in [3.05, 3.63) is 92.5 Å². The molecule has 1 fully saturated rings. The molecule has 2 atom stereocenters. The van der Waals surface area contributed by atoms with Gasteiger partial charge < -0.3 is 29.4 Å². The molecule has 1 amide bonds. The van der Waals surface area contributed by atoms with Gasteiger partial charge in [-0.25, -0.2) is 4.98 Å². The third-order valence-corrected chi connectivity index (χ3v) is 11.0. The van der Waals surface area contributed by atoms with Gasteiger partial charge in [0.25, 0.3) is 5.91 Å². The van der Waals surface area contributed by atoms with Crippen LogP contribution in [-0.4, -0.2) is 69.6 Å². The molecule has 4 aromatic rings. The third-order valence-electron chi connectivity index (χ3n) is 10.3. The van der Waals surface area contributed by atoms with Gasteiger partial charge in [0.1, 0.15) is 23.6 Å². The first-order valence-electron chi connectivity index (χ1n) is 17.1. The van der Waals surface area contributed by atoms with Gasteiger partial charge in [-0.3, -0.25) is 14.5 Å². The van der Waals surface area contributed by atoms with Gasteiger partial charge in [-0.15, -0.1) is 0 Å². The van der Waals surface area contributed by atoms with Crippen LogP contribution in [0.2, 0.25) is 10.0 Å². The molecular weight excluding hydrogens is 677 g/mol. The number of aromatic nitrogens is 2. The number of fused-ring (bicyclic) bond motifs is 2. The number of hydrogen-bond donors (Lipinski definition) is 2. The number of likely N-dealkylation sites (tertiary alicyclic amines) is 1. The monoisotopic (exact) mass is 717 g/mol. The lowest BCUT2D eigenvalue weighted by molar-refractivity contribution is -0.144. The lowest BCUT2D eigenvalue weighted by Gasteiger charge is -2.33. The molecule has 0 bridgehead atoms. The number of nitrogens with one attached hydrogen (secondary N) is 1. The predicted octanol–water partition coefficient (Wildman–Crippen LogP) is 7.15. The molecule has 2 N–H and O–H groups in total. The Morgan fingerprint density at radius 1 is 1.00 bits per heavy atom. The molecule has 3 aromatic carbocycles. The van der Waals surface area contributed by atoms with Crippen molar-refractivity contribution < 1.29 is 24.2 Å². The van der Waals surface area contributed by atoms with Gasteiger partial charge in [0, 0.05) is 56.0 Å². The van der Waals surface area contributed by atoms with E-state index in [0.717, 1.165) is 84.4 Å². The second kappa shape index (κ2) is 14.3. The Morgan fingerprint density at radius 2 is 1.80 bits per heavy atom. The van der Waals surface area contributed by atoms with Crippen LogP contribution in [0, 0.1) is 0 Å². The third kappa shape index (κ3) is 6.57. The van der Waals surface area contributed by atoms with Crippen molar-refractivity contribution in [1.82, 2.24) is 19.4 Å². The fourth-order valence-corrected chi connectivity index (χ4v) is 8.19. The van der Waals surface area contributed by atoms with E-state index in [1.54, 1.807) is 13.2 Å². The minimum Gasteiger partial charge on any atom is -0.496 e.